The van der Waals surface area contributed by atoms with E-state index in [9.17, 15) is 8.42 Å². The van der Waals surface area contributed by atoms with Crippen molar-refractivity contribution in [3.63, 3.8) is 0 Å². The monoisotopic (exact) mass is 165 g/mol. The molecule has 0 spiro atoms. The van der Waals surface area contributed by atoms with Gasteiger partial charge in [-0.2, -0.15) is 0 Å². The lowest BCUT2D eigenvalue weighted by atomic mass is 10.5. The molecule has 0 atom stereocenters. The summed E-state index contributed by atoms with van der Waals surface area (Å²) in [4.78, 5) is 0. The van der Waals surface area contributed by atoms with Gasteiger partial charge < -0.3 is 0 Å². The summed E-state index contributed by atoms with van der Waals surface area (Å²) < 4.78 is 24.4. The van der Waals surface area contributed by atoms with E-state index >= 15 is 0 Å². The van der Waals surface area contributed by atoms with Crippen LogP contribution in [0.2, 0.25) is 0 Å². The Hall–Kier alpha value is -0.0900. The van der Waals surface area contributed by atoms with Crippen LogP contribution in [0, 0.1) is 0 Å². The standard InChI is InChI=1S/C6H15NO2S/c1-4-5-7-10(8,9)6(2)3/h6-7H,4-5H2,1-3H3. The molecule has 0 heterocycles. The Bertz CT molecular complexity index is 172. The molecule has 0 aromatic rings. The summed E-state index contributed by atoms with van der Waals surface area (Å²) in [5.41, 5.74) is 0. The molecule has 0 aliphatic rings. The second kappa shape index (κ2) is 3.93. The Labute approximate surface area is 62.9 Å². The van der Waals surface area contributed by atoms with E-state index in [1.165, 1.54) is 0 Å². The molecule has 62 valence electrons. The summed E-state index contributed by atoms with van der Waals surface area (Å²) in [6, 6.07) is 0. The van der Waals surface area contributed by atoms with Crippen LogP contribution in [0.5, 0.6) is 0 Å². The molecule has 0 aliphatic heterocycles. The van der Waals surface area contributed by atoms with Crippen LogP contribution in [0.15, 0.2) is 0 Å². The Kier molecular flexibility index (Phi) is 3.89. The van der Waals surface area contributed by atoms with E-state index in [2.05, 4.69) is 4.72 Å². The molecule has 0 aromatic heterocycles. The molecule has 0 amide bonds. The molecule has 0 fully saturated rings. The van der Waals surface area contributed by atoms with Gasteiger partial charge in [-0.05, 0) is 20.3 Å². The van der Waals surface area contributed by atoms with E-state index in [0.717, 1.165) is 6.42 Å². The third-order valence-electron chi connectivity index (χ3n) is 1.17. The van der Waals surface area contributed by atoms with Crippen molar-refractivity contribution in [3.8, 4) is 0 Å². The quantitative estimate of drug-likeness (QED) is 0.667. The first-order chi connectivity index (χ1) is 4.50. The average molecular weight is 165 g/mol. The Morgan fingerprint density at radius 1 is 1.40 bits per heavy atom. The van der Waals surface area contributed by atoms with Crippen molar-refractivity contribution in [1.29, 1.82) is 0 Å². The highest BCUT2D eigenvalue weighted by Gasteiger charge is 2.13. The second-order valence-corrected chi connectivity index (χ2v) is 4.81. The Morgan fingerprint density at radius 2 is 1.90 bits per heavy atom. The van der Waals surface area contributed by atoms with E-state index < -0.39 is 10.0 Å². The molecule has 1 N–H and O–H groups in total. The van der Waals surface area contributed by atoms with Gasteiger partial charge in [0.25, 0.3) is 0 Å². The lowest BCUT2D eigenvalue weighted by Crippen LogP contribution is -2.31. The lowest BCUT2D eigenvalue weighted by Gasteiger charge is -2.07. The van der Waals surface area contributed by atoms with Crippen molar-refractivity contribution in [2.24, 2.45) is 0 Å². The summed E-state index contributed by atoms with van der Waals surface area (Å²) in [5.74, 6) is 0. The van der Waals surface area contributed by atoms with E-state index in [0.29, 0.717) is 6.54 Å². The molecule has 0 bridgehead atoms. The average Bonchev–Trinajstić information content (AvgIpc) is 1.84. The molecule has 0 rings (SSSR count). The predicted octanol–water partition coefficient (Wildman–Crippen LogP) is 0.724. The van der Waals surface area contributed by atoms with Gasteiger partial charge in [0.05, 0.1) is 5.25 Å². The van der Waals surface area contributed by atoms with Crippen molar-refractivity contribution >= 4 is 10.0 Å². The van der Waals surface area contributed by atoms with Crippen LogP contribution in [-0.4, -0.2) is 20.2 Å². The van der Waals surface area contributed by atoms with Crippen LogP contribution in [0.4, 0.5) is 0 Å². The van der Waals surface area contributed by atoms with Crippen LogP contribution < -0.4 is 4.72 Å². The van der Waals surface area contributed by atoms with E-state index in [1.807, 2.05) is 6.92 Å². The van der Waals surface area contributed by atoms with Crippen LogP contribution in [-0.2, 0) is 10.0 Å². The zero-order chi connectivity index (χ0) is 8.20. The van der Waals surface area contributed by atoms with Crippen molar-refractivity contribution in [2.45, 2.75) is 32.4 Å². The molecule has 0 saturated heterocycles. The highest BCUT2D eigenvalue weighted by Crippen LogP contribution is 1.94. The fourth-order valence-corrected chi connectivity index (χ4v) is 1.23. The molecule has 0 saturated carbocycles. The zero-order valence-corrected chi connectivity index (χ0v) is 7.53. The summed E-state index contributed by atoms with van der Waals surface area (Å²) in [5, 5.41) is -0.320. The molecule has 4 heteroatoms. The molecular formula is C6H15NO2S. The Morgan fingerprint density at radius 3 is 2.20 bits per heavy atom. The number of hydrogen-bond acceptors (Lipinski definition) is 2. The van der Waals surface area contributed by atoms with Crippen molar-refractivity contribution in [2.75, 3.05) is 6.54 Å². The third-order valence-corrected chi connectivity index (χ3v) is 3.02. The molecule has 0 aromatic carbocycles. The van der Waals surface area contributed by atoms with E-state index in [1.54, 1.807) is 13.8 Å². The van der Waals surface area contributed by atoms with Crippen molar-refractivity contribution in [3.05, 3.63) is 0 Å². The molecule has 0 radical (unpaired) electrons. The zero-order valence-electron chi connectivity index (χ0n) is 6.72. The summed E-state index contributed by atoms with van der Waals surface area (Å²) in [7, 11) is -3.01. The minimum Gasteiger partial charge on any atom is -0.215 e. The minimum atomic E-state index is -3.01. The fraction of sp³-hybridized carbons (Fsp3) is 1.00. The molecule has 0 aliphatic carbocycles. The number of rotatable bonds is 4. The first-order valence-electron chi connectivity index (χ1n) is 3.49. The van der Waals surface area contributed by atoms with Crippen LogP contribution in [0.25, 0.3) is 0 Å². The molecular weight excluding hydrogens is 150 g/mol. The minimum absolute atomic E-state index is 0.320. The summed E-state index contributed by atoms with van der Waals surface area (Å²) >= 11 is 0. The van der Waals surface area contributed by atoms with Crippen LogP contribution in [0.1, 0.15) is 27.2 Å². The maximum absolute atomic E-state index is 11.0. The van der Waals surface area contributed by atoms with Crippen LogP contribution in [0.3, 0.4) is 0 Å². The van der Waals surface area contributed by atoms with Gasteiger partial charge >= 0.3 is 0 Å². The van der Waals surface area contributed by atoms with Gasteiger partial charge in [-0.15, -0.1) is 0 Å². The van der Waals surface area contributed by atoms with Crippen molar-refractivity contribution < 1.29 is 8.42 Å². The van der Waals surface area contributed by atoms with Gasteiger partial charge in [0, 0.05) is 6.54 Å². The first kappa shape index (κ1) is 9.91. The smallest absolute Gasteiger partial charge is 0.213 e. The predicted molar refractivity (Wildman–Crippen MR) is 42.3 cm³/mol. The topological polar surface area (TPSA) is 46.2 Å². The maximum Gasteiger partial charge on any atom is 0.213 e. The SMILES string of the molecule is CCCNS(=O)(=O)C(C)C. The molecule has 10 heavy (non-hydrogen) atoms. The summed E-state index contributed by atoms with van der Waals surface area (Å²) in [6.07, 6.45) is 0.839. The van der Waals surface area contributed by atoms with E-state index in [-0.39, 0.29) is 5.25 Å². The highest BCUT2D eigenvalue weighted by atomic mass is 32.2. The van der Waals surface area contributed by atoms with Gasteiger partial charge in [-0.3, -0.25) is 0 Å². The highest BCUT2D eigenvalue weighted by molar-refractivity contribution is 7.90. The van der Waals surface area contributed by atoms with Gasteiger partial charge in [-0.1, -0.05) is 6.92 Å². The number of sulfonamides is 1. The number of nitrogens with one attached hydrogen (secondary N) is 1. The van der Waals surface area contributed by atoms with Gasteiger partial charge in [0.1, 0.15) is 0 Å². The van der Waals surface area contributed by atoms with Gasteiger partial charge in [0.15, 0.2) is 0 Å². The van der Waals surface area contributed by atoms with Gasteiger partial charge in [-0.25, -0.2) is 13.1 Å². The lowest BCUT2D eigenvalue weighted by molar-refractivity contribution is 0.571. The summed E-state index contributed by atoms with van der Waals surface area (Å²) in [6.45, 7) is 5.80. The third kappa shape index (κ3) is 3.17. The van der Waals surface area contributed by atoms with Gasteiger partial charge in [0.2, 0.25) is 10.0 Å². The second-order valence-electron chi connectivity index (χ2n) is 2.49. The van der Waals surface area contributed by atoms with Crippen LogP contribution >= 0.6 is 0 Å². The maximum atomic E-state index is 11.0. The molecule has 0 unspecified atom stereocenters. The largest absolute Gasteiger partial charge is 0.215 e. The normalized spacial score (nSPS) is 12.4. The van der Waals surface area contributed by atoms with E-state index in [4.69, 9.17) is 0 Å². The Balaban J connectivity index is 3.90. The first-order valence-corrected chi connectivity index (χ1v) is 5.03. The number of hydrogen-bond donors (Lipinski definition) is 1. The van der Waals surface area contributed by atoms with Crippen molar-refractivity contribution in [1.82, 2.24) is 4.72 Å². The molecule has 3 nitrogen and oxygen atoms in total. The fourth-order valence-electron chi connectivity index (χ4n) is 0.411.